The van der Waals surface area contributed by atoms with Crippen molar-refractivity contribution < 1.29 is 9.84 Å². The molecule has 2 aromatic carbocycles. The lowest BCUT2D eigenvalue weighted by atomic mass is 9.80. The van der Waals surface area contributed by atoms with E-state index >= 15 is 0 Å². The van der Waals surface area contributed by atoms with Crippen molar-refractivity contribution in [2.24, 2.45) is 22.6 Å². The van der Waals surface area contributed by atoms with Crippen LogP contribution in [0.15, 0.2) is 83.9 Å². The highest BCUT2D eigenvalue weighted by atomic mass is 16.5. The molecule has 31 heavy (non-hydrogen) atoms. The second kappa shape index (κ2) is 8.47. The van der Waals surface area contributed by atoms with Crippen LogP contribution in [0.2, 0.25) is 0 Å². The summed E-state index contributed by atoms with van der Waals surface area (Å²) in [6.07, 6.45) is 10.4. The number of para-hydroxylation sites is 1. The lowest BCUT2D eigenvalue weighted by Crippen LogP contribution is -2.46. The van der Waals surface area contributed by atoms with Gasteiger partial charge in [0.15, 0.2) is 0 Å². The lowest BCUT2D eigenvalue weighted by Gasteiger charge is -2.41. The second-order valence-corrected chi connectivity index (χ2v) is 8.43. The molecule has 1 saturated carbocycles. The summed E-state index contributed by atoms with van der Waals surface area (Å²) in [6.45, 7) is 0.288. The summed E-state index contributed by atoms with van der Waals surface area (Å²) in [7, 11) is 0. The van der Waals surface area contributed by atoms with Crippen molar-refractivity contribution in [1.82, 2.24) is 4.90 Å². The summed E-state index contributed by atoms with van der Waals surface area (Å²) in [5, 5.41) is 9.54. The number of anilines is 1. The molecule has 6 heteroatoms. The first-order valence-corrected chi connectivity index (χ1v) is 11.0. The van der Waals surface area contributed by atoms with E-state index in [-0.39, 0.29) is 12.8 Å². The first-order valence-electron chi connectivity index (χ1n) is 11.0. The molecule has 160 valence electrons. The van der Waals surface area contributed by atoms with E-state index in [2.05, 4.69) is 33.1 Å². The van der Waals surface area contributed by atoms with E-state index < -0.39 is 0 Å². The molecule has 6 nitrogen and oxygen atoms in total. The van der Waals surface area contributed by atoms with Crippen LogP contribution in [0, 0.1) is 11.8 Å². The van der Waals surface area contributed by atoms with E-state index in [4.69, 9.17) is 10.5 Å². The molecule has 2 heterocycles. The van der Waals surface area contributed by atoms with Gasteiger partial charge < -0.3 is 25.4 Å². The molecule has 0 saturated heterocycles. The predicted octanol–water partition coefficient (Wildman–Crippen LogP) is 4.41. The summed E-state index contributed by atoms with van der Waals surface area (Å²) in [5.74, 6) is 3.08. The fourth-order valence-corrected chi connectivity index (χ4v) is 4.83. The summed E-state index contributed by atoms with van der Waals surface area (Å²) in [5.41, 5.74) is 8.26. The van der Waals surface area contributed by atoms with Gasteiger partial charge in [0.25, 0.3) is 0 Å². The molecule has 2 aromatic rings. The van der Waals surface area contributed by atoms with E-state index in [1.807, 2.05) is 48.7 Å². The Labute approximate surface area is 182 Å². The Morgan fingerprint density at radius 1 is 0.935 bits per heavy atom. The average Bonchev–Trinajstić information content (AvgIpc) is 3.21. The van der Waals surface area contributed by atoms with Crippen molar-refractivity contribution in [1.29, 1.82) is 0 Å². The maximum Gasteiger partial charge on any atom is 0.148 e. The number of aliphatic imine (C=N–C) groups is 1. The third-order valence-corrected chi connectivity index (χ3v) is 6.50. The van der Waals surface area contributed by atoms with Crippen LogP contribution in [0.5, 0.6) is 11.5 Å². The van der Waals surface area contributed by atoms with E-state index in [1.54, 1.807) is 6.20 Å². The second-order valence-electron chi connectivity index (χ2n) is 8.43. The van der Waals surface area contributed by atoms with Gasteiger partial charge in [-0.3, -0.25) is 0 Å². The van der Waals surface area contributed by atoms with Crippen LogP contribution >= 0.6 is 0 Å². The minimum Gasteiger partial charge on any atom is -0.457 e. The van der Waals surface area contributed by atoms with Crippen molar-refractivity contribution in [3.63, 3.8) is 0 Å². The maximum atomic E-state index is 9.54. The average molecular weight is 417 g/mol. The molecular formula is C25H28N4O2. The van der Waals surface area contributed by atoms with Crippen LogP contribution < -0.4 is 15.4 Å². The number of amidine groups is 1. The van der Waals surface area contributed by atoms with Crippen molar-refractivity contribution in [2.75, 3.05) is 11.5 Å². The number of benzene rings is 2. The quantitative estimate of drug-likeness (QED) is 0.755. The van der Waals surface area contributed by atoms with Gasteiger partial charge in [0.05, 0.1) is 0 Å². The van der Waals surface area contributed by atoms with Crippen LogP contribution in [-0.4, -0.2) is 28.6 Å². The SMILES string of the molecule is NC1=NC=CN2C1=CN(c1ccc(Oc3ccccc3)cc1)C2C1CCC(CO)CC1. The van der Waals surface area contributed by atoms with Crippen LogP contribution in [0.3, 0.4) is 0 Å². The van der Waals surface area contributed by atoms with Gasteiger partial charge >= 0.3 is 0 Å². The fourth-order valence-electron chi connectivity index (χ4n) is 4.83. The summed E-state index contributed by atoms with van der Waals surface area (Å²) in [6, 6.07) is 18.0. The normalized spacial score (nSPS) is 25.1. The number of rotatable bonds is 5. The highest BCUT2D eigenvalue weighted by Gasteiger charge is 2.40. The van der Waals surface area contributed by atoms with E-state index in [0.717, 1.165) is 48.6 Å². The Kier molecular flexibility index (Phi) is 5.38. The number of nitrogens with zero attached hydrogens (tertiary/aromatic N) is 3. The van der Waals surface area contributed by atoms with Crippen LogP contribution in [0.1, 0.15) is 25.7 Å². The zero-order chi connectivity index (χ0) is 21.2. The Balaban J connectivity index is 1.40. The number of ether oxygens (including phenoxy) is 1. The highest BCUT2D eigenvalue weighted by molar-refractivity contribution is 5.98. The summed E-state index contributed by atoms with van der Waals surface area (Å²) < 4.78 is 5.96. The molecule has 3 aliphatic rings. The first-order chi connectivity index (χ1) is 15.2. The van der Waals surface area contributed by atoms with Gasteiger partial charge in [-0.25, -0.2) is 4.99 Å². The van der Waals surface area contributed by atoms with Crippen molar-refractivity contribution in [3.8, 4) is 11.5 Å². The van der Waals surface area contributed by atoms with Crippen molar-refractivity contribution >= 4 is 11.5 Å². The van der Waals surface area contributed by atoms with E-state index in [1.165, 1.54) is 0 Å². The Hall–Kier alpha value is -3.25. The number of hydrogen-bond acceptors (Lipinski definition) is 6. The standard InChI is InChI=1S/C25H28N4O2/c26-24-23-16-29(20-10-12-22(13-11-20)31-21-4-2-1-3-5-21)25(28(23)15-14-27-24)19-8-6-18(17-30)7-9-19/h1-5,10-16,18-19,25,30H,6-9,17H2,(H2,26,27). The number of aliphatic hydroxyl groups excluding tert-OH is 1. The zero-order valence-electron chi connectivity index (χ0n) is 17.5. The summed E-state index contributed by atoms with van der Waals surface area (Å²) >= 11 is 0. The molecule has 1 aliphatic carbocycles. The smallest absolute Gasteiger partial charge is 0.148 e. The third kappa shape index (κ3) is 3.91. The fraction of sp³-hybridized carbons (Fsp3) is 0.320. The van der Waals surface area contributed by atoms with Gasteiger partial charge in [0.2, 0.25) is 0 Å². The van der Waals surface area contributed by atoms with Crippen LogP contribution in [0.25, 0.3) is 0 Å². The van der Waals surface area contributed by atoms with Gasteiger partial charge in [-0.15, -0.1) is 0 Å². The number of fused-ring (bicyclic) bond motifs is 1. The minimum atomic E-state index is 0.154. The summed E-state index contributed by atoms with van der Waals surface area (Å²) in [4.78, 5) is 8.85. The molecule has 1 fully saturated rings. The zero-order valence-corrected chi connectivity index (χ0v) is 17.5. The number of hydrogen-bond donors (Lipinski definition) is 2. The maximum absolute atomic E-state index is 9.54. The van der Waals surface area contributed by atoms with Gasteiger partial charge in [0.1, 0.15) is 29.2 Å². The molecular weight excluding hydrogens is 388 g/mol. The molecule has 0 bridgehead atoms. The number of nitrogens with two attached hydrogens (primary N) is 1. The van der Waals surface area contributed by atoms with E-state index in [9.17, 15) is 5.11 Å². The highest BCUT2D eigenvalue weighted by Crippen LogP contribution is 2.41. The monoisotopic (exact) mass is 416 g/mol. The molecule has 3 N–H and O–H groups in total. The van der Waals surface area contributed by atoms with Gasteiger partial charge in [-0.05, 0) is 73.9 Å². The van der Waals surface area contributed by atoms with Crippen LogP contribution in [0.4, 0.5) is 5.69 Å². The lowest BCUT2D eigenvalue weighted by molar-refractivity contribution is 0.136. The molecule has 1 unspecified atom stereocenters. The topological polar surface area (TPSA) is 74.3 Å². The number of aliphatic hydroxyl groups is 1. The Bertz CT molecular complexity index is 992. The Morgan fingerprint density at radius 2 is 1.65 bits per heavy atom. The molecule has 5 rings (SSSR count). The molecule has 0 amide bonds. The van der Waals surface area contributed by atoms with Gasteiger partial charge in [-0.1, -0.05) is 18.2 Å². The molecule has 0 aromatic heterocycles. The molecule has 0 radical (unpaired) electrons. The van der Waals surface area contributed by atoms with Crippen LogP contribution in [-0.2, 0) is 0 Å². The Morgan fingerprint density at radius 3 is 2.35 bits per heavy atom. The van der Waals surface area contributed by atoms with Crippen molar-refractivity contribution in [2.45, 2.75) is 31.8 Å². The van der Waals surface area contributed by atoms with Gasteiger partial charge in [-0.2, -0.15) is 0 Å². The first kappa shape index (κ1) is 19.7. The largest absolute Gasteiger partial charge is 0.457 e. The predicted molar refractivity (Wildman–Crippen MR) is 122 cm³/mol. The third-order valence-electron chi connectivity index (χ3n) is 6.50. The molecule has 0 spiro atoms. The van der Waals surface area contributed by atoms with Gasteiger partial charge in [0, 0.05) is 30.9 Å². The van der Waals surface area contributed by atoms with Crippen molar-refractivity contribution in [3.05, 3.63) is 78.9 Å². The molecule has 2 aliphatic heterocycles. The minimum absolute atomic E-state index is 0.154. The molecule has 1 atom stereocenters. The van der Waals surface area contributed by atoms with E-state index in [0.29, 0.717) is 17.7 Å².